The van der Waals surface area contributed by atoms with Crippen LogP contribution in [-0.2, 0) is 29.0 Å². The third-order valence-electron chi connectivity index (χ3n) is 6.34. The smallest absolute Gasteiger partial charge is 0.243 e. The number of unbranched alkanes of at least 4 members (excludes halogenated alkanes) is 1. The molecule has 0 unspecified atom stereocenters. The summed E-state index contributed by atoms with van der Waals surface area (Å²) in [5.74, 6) is -0.130. The molecule has 3 rings (SSSR count). The fourth-order valence-corrected chi connectivity index (χ4v) is 4.48. The Morgan fingerprint density at radius 1 is 0.857 bits per heavy atom. The van der Waals surface area contributed by atoms with Crippen LogP contribution in [0, 0.1) is 20.8 Å². The van der Waals surface area contributed by atoms with E-state index in [1.807, 2.05) is 62.4 Å². The van der Waals surface area contributed by atoms with Gasteiger partial charge in [0.25, 0.3) is 0 Å². The Morgan fingerprint density at radius 2 is 1.51 bits per heavy atom. The Kier molecular flexibility index (Phi) is 9.66. The summed E-state index contributed by atoms with van der Waals surface area (Å²) in [6.07, 6.45) is 2.66. The number of hydrogen-bond donors (Lipinski definition) is 1. The van der Waals surface area contributed by atoms with Crippen molar-refractivity contribution < 1.29 is 9.59 Å². The van der Waals surface area contributed by atoms with E-state index < -0.39 is 6.04 Å². The summed E-state index contributed by atoms with van der Waals surface area (Å²) < 4.78 is 0. The summed E-state index contributed by atoms with van der Waals surface area (Å²) >= 11 is 0. The average molecular weight is 471 g/mol. The number of rotatable bonds is 11. The maximum absolute atomic E-state index is 13.9. The average Bonchev–Trinajstić information content (AvgIpc) is 2.82. The van der Waals surface area contributed by atoms with Gasteiger partial charge in [-0.25, -0.2) is 0 Å². The Hall–Kier alpha value is -3.40. The number of benzene rings is 3. The van der Waals surface area contributed by atoms with Crippen LogP contribution in [0.15, 0.2) is 72.8 Å². The lowest BCUT2D eigenvalue weighted by Gasteiger charge is -2.32. The van der Waals surface area contributed by atoms with Gasteiger partial charge in [-0.05, 0) is 49.4 Å². The van der Waals surface area contributed by atoms with E-state index in [0.717, 1.165) is 46.2 Å². The molecule has 1 atom stereocenters. The van der Waals surface area contributed by atoms with Crippen molar-refractivity contribution in [3.05, 3.63) is 106 Å². The largest absolute Gasteiger partial charge is 0.354 e. The first-order valence-electron chi connectivity index (χ1n) is 12.6. The lowest BCUT2D eigenvalue weighted by atomic mass is 9.99. The number of amides is 2. The van der Waals surface area contributed by atoms with Gasteiger partial charge < -0.3 is 10.2 Å². The van der Waals surface area contributed by atoms with Crippen LogP contribution in [0.5, 0.6) is 0 Å². The number of nitrogens with zero attached hydrogens (tertiary/aromatic N) is 1. The topological polar surface area (TPSA) is 49.4 Å². The molecular weight excluding hydrogens is 432 g/mol. The maximum Gasteiger partial charge on any atom is 0.243 e. The van der Waals surface area contributed by atoms with Crippen molar-refractivity contribution in [3.63, 3.8) is 0 Å². The molecule has 0 saturated carbocycles. The lowest BCUT2D eigenvalue weighted by Crippen LogP contribution is -2.51. The molecule has 0 heterocycles. The van der Waals surface area contributed by atoms with Gasteiger partial charge in [-0.3, -0.25) is 9.59 Å². The van der Waals surface area contributed by atoms with Crippen molar-refractivity contribution in [2.24, 2.45) is 0 Å². The predicted molar refractivity (Wildman–Crippen MR) is 143 cm³/mol. The molecule has 0 radical (unpaired) electrons. The first-order chi connectivity index (χ1) is 16.9. The highest BCUT2D eigenvalue weighted by Crippen LogP contribution is 2.19. The number of hydrogen-bond acceptors (Lipinski definition) is 2. The Bertz CT molecular complexity index is 1100. The molecule has 184 valence electrons. The summed E-state index contributed by atoms with van der Waals surface area (Å²) in [6, 6.07) is 23.7. The van der Waals surface area contributed by atoms with Crippen molar-refractivity contribution >= 4 is 11.8 Å². The third kappa shape index (κ3) is 7.81. The van der Waals surface area contributed by atoms with Gasteiger partial charge in [0.15, 0.2) is 0 Å². The molecule has 0 spiro atoms. The van der Waals surface area contributed by atoms with Crippen molar-refractivity contribution in [1.82, 2.24) is 10.2 Å². The summed E-state index contributed by atoms with van der Waals surface area (Å²) in [5, 5.41) is 3.09. The van der Waals surface area contributed by atoms with Crippen molar-refractivity contribution in [1.29, 1.82) is 0 Å². The predicted octanol–water partition coefficient (Wildman–Crippen LogP) is 5.71. The highest BCUT2D eigenvalue weighted by molar-refractivity contribution is 5.88. The molecule has 3 aromatic rings. The second-order valence-electron chi connectivity index (χ2n) is 9.47. The molecular formula is C31H38N2O2. The Morgan fingerprint density at radius 3 is 2.17 bits per heavy atom. The monoisotopic (exact) mass is 470 g/mol. The van der Waals surface area contributed by atoms with Gasteiger partial charge in [0.05, 0.1) is 6.42 Å². The number of carbonyl (C=O) groups excluding carboxylic acids is 2. The molecule has 1 N–H and O–H groups in total. The van der Waals surface area contributed by atoms with E-state index in [1.165, 1.54) is 0 Å². The molecule has 0 bridgehead atoms. The van der Waals surface area contributed by atoms with Crippen LogP contribution >= 0.6 is 0 Å². The zero-order chi connectivity index (χ0) is 25.2. The van der Waals surface area contributed by atoms with Gasteiger partial charge in [0, 0.05) is 19.5 Å². The normalized spacial score (nSPS) is 11.7. The van der Waals surface area contributed by atoms with Crippen molar-refractivity contribution in [3.8, 4) is 0 Å². The van der Waals surface area contributed by atoms with Gasteiger partial charge in [-0.1, -0.05) is 97.3 Å². The molecule has 0 aliphatic carbocycles. The van der Waals surface area contributed by atoms with Gasteiger partial charge in [0.1, 0.15) is 6.04 Å². The first kappa shape index (κ1) is 26.2. The number of aryl methyl sites for hydroxylation is 3. The zero-order valence-electron chi connectivity index (χ0n) is 21.5. The minimum atomic E-state index is -0.590. The maximum atomic E-state index is 13.9. The standard InChI is InChI=1S/C31H38N2O2/c1-5-6-16-32-31(35)29(20-26-13-8-7-9-14-26)33(22-28-15-11-10-12-25(28)4)30(34)21-27-18-23(2)17-24(3)19-27/h7-15,17-19,29H,5-6,16,20-22H2,1-4H3,(H,32,35)/t29-/m1/s1. The van der Waals surface area contributed by atoms with E-state index in [1.54, 1.807) is 4.90 Å². The summed E-state index contributed by atoms with van der Waals surface area (Å²) in [6.45, 7) is 9.26. The quantitative estimate of drug-likeness (QED) is 0.365. The summed E-state index contributed by atoms with van der Waals surface area (Å²) in [4.78, 5) is 29.1. The van der Waals surface area contributed by atoms with Crippen LogP contribution in [0.25, 0.3) is 0 Å². The highest BCUT2D eigenvalue weighted by Gasteiger charge is 2.30. The van der Waals surface area contributed by atoms with Crippen LogP contribution in [0.4, 0.5) is 0 Å². The minimum Gasteiger partial charge on any atom is -0.354 e. The summed E-state index contributed by atoms with van der Waals surface area (Å²) in [5.41, 5.74) is 6.46. The van der Waals surface area contributed by atoms with Crippen LogP contribution in [0.3, 0.4) is 0 Å². The van der Waals surface area contributed by atoms with Crippen LogP contribution < -0.4 is 5.32 Å². The molecule has 0 saturated heterocycles. The second-order valence-corrected chi connectivity index (χ2v) is 9.47. The summed E-state index contributed by atoms with van der Waals surface area (Å²) in [7, 11) is 0. The highest BCUT2D eigenvalue weighted by atomic mass is 16.2. The Labute approximate surface area is 210 Å². The molecule has 0 aliphatic rings. The molecule has 4 heteroatoms. The molecule has 35 heavy (non-hydrogen) atoms. The van der Waals surface area contributed by atoms with Crippen LogP contribution in [-0.4, -0.2) is 29.3 Å². The second kappa shape index (κ2) is 12.9. The molecule has 3 aromatic carbocycles. The van der Waals surface area contributed by atoms with E-state index in [-0.39, 0.29) is 18.2 Å². The number of nitrogens with one attached hydrogen (secondary N) is 1. The fraction of sp³-hybridized carbons (Fsp3) is 0.355. The third-order valence-corrected chi connectivity index (χ3v) is 6.34. The van der Waals surface area contributed by atoms with E-state index >= 15 is 0 Å². The van der Waals surface area contributed by atoms with Crippen LogP contribution in [0.1, 0.15) is 53.1 Å². The first-order valence-corrected chi connectivity index (χ1v) is 12.6. The van der Waals surface area contributed by atoms with E-state index in [9.17, 15) is 9.59 Å². The Balaban J connectivity index is 1.97. The van der Waals surface area contributed by atoms with E-state index in [2.05, 4.69) is 43.4 Å². The number of carbonyl (C=O) groups is 2. The van der Waals surface area contributed by atoms with Gasteiger partial charge in [0.2, 0.25) is 11.8 Å². The van der Waals surface area contributed by atoms with Gasteiger partial charge in [-0.15, -0.1) is 0 Å². The molecule has 2 amide bonds. The van der Waals surface area contributed by atoms with Crippen molar-refractivity contribution in [2.75, 3.05) is 6.54 Å². The molecule has 0 fully saturated rings. The zero-order valence-corrected chi connectivity index (χ0v) is 21.5. The van der Waals surface area contributed by atoms with Gasteiger partial charge >= 0.3 is 0 Å². The minimum absolute atomic E-state index is 0.0372. The van der Waals surface area contributed by atoms with E-state index in [0.29, 0.717) is 19.5 Å². The van der Waals surface area contributed by atoms with E-state index in [4.69, 9.17) is 0 Å². The molecule has 0 aromatic heterocycles. The van der Waals surface area contributed by atoms with Crippen molar-refractivity contribution in [2.45, 2.75) is 66.0 Å². The SMILES string of the molecule is CCCCNC(=O)[C@@H](Cc1ccccc1)N(Cc1ccccc1C)C(=O)Cc1cc(C)cc(C)c1. The fourth-order valence-electron chi connectivity index (χ4n) is 4.48. The molecule has 4 nitrogen and oxygen atoms in total. The van der Waals surface area contributed by atoms with Gasteiger partial charge in [-0.2, -0.15) is 0 Å². The van der Waals surface area contributed by atoms with Crippen LogP contribution in [0.2, 0.25) is 0 Å². The molecule has 0 aliphatic heterocycles. The lowest BCUT2D eigenvalue weighted by molar-refractivity contribution is -0.140.